The fourth-order valence-corrected chi connectivity index (χ4v) is 2.55. The van der Waals surface area contributed by atoms with Crippen LogP contribution in [-0.4, -0.2) is 20.8 Å². The van der Waals surface area contributed by atoms with E-state index >= 15 is 0 Å². The molecule has 3 nitrogen and oxygen atoms in total. The zero-order valence-electron chi connectivity index (χ0n) is 11.1. The molecule has 3 heteroatoms. The van der Waals surface area contributed by atoms with E-state index < -0.39 is 0 Å². The molecule has 0 aromatic heterocycles. The minimum absolute atomic E-state index is 0.0499. The molecule has 1 unspecified atom stereocenters. The molecule has 2 rings (SSSR count). The molecule has 94 valence electrons. The molecule has 1 saturated heterocycles. The van der Waals surface area contributed by atoms with Crippen LogP contribution in [0.15, 0.2) is 12.1 Å². The van der Waals surface area contributed by atoms with Gasteiger partial charge < -0.3 is 14.8 Å². The van der Waals surface area contributed by atoms with Crippen molar-refractivity contribution in [3.8, 4) is 11.5 Å². The van der Waals surface area contributed by atoms with Crippen LogP contribution in [0.2, 0.25) is 0 Å². The van der Waals surface area contributed by atoms with Gasteiger partial charge in [0.05, 0.1) is 14.2 Å². The second-order valence-electron chi connectivity index (χ2n) is 4.87. The van der Waals surface area contributed by atoms with Gasteiger partial charge in [-0.05, 0) is 50.9 Å². The van der Waals surface area contributed by atoms with Crippen molar-refractivity contribution in [2.24, 2.45) is 0 Å². The second kappa shape index (κ2) is 4.57. The Morgan fingerprint density at radius 2 is 1.76 bits per heavy atom. The number of benzene rings is 1. The lowest BCUT2D eigenvalue weighted by Crippen LogP contribution is -2.33. The van der Waals surface area contributed by atoms with Gasteiger partial charge in [0.1, 0.15) is 11.5 Å². The van der Waals surface area contributed by atoms with E-state index in [1.165, 1.54) is 12.0 Å². The van der Waals surface area contributed by atoms with Crippen LogP contribution < -0.4 is 14.8 Å². The fourth-order valence-electron chi connectivity index (χ4n) is 2.55. The van der Waals surface area contributed by atoms with Gasteiger partial charge in [-0.1, -0.05) is 0 Å². The third-order valence-corrected chi connectivity index (χ3v) is 3.76. The Morgan fingerprint density at radius 1 is 1.18 bits per heavy atom. The summed E-state index contributed by atoms with van der Waals surface area (Å²) in [6, 6.07) is 4.24. The largest absolute Gasteiger partial charge is 0.496 e. The molecular weight excluding hydrogens is 214 g/mol. The highest BCUT2D eigenvalue weighted by molar-refractivity contribution is 5.49. The summed E-state index contributed by atoms with van der Waals surface area (Å²) in [5.41, 5.74) is 2.35. The fraction of sp³-hybridized carbons (Fsp3) is 0.571. The lowest BCUT2D eigenvalue weighted by atomic mass is 9.89. The van der Waals surface area contributed by atoms with Crippen LogP contribution in [-0.2, 0) is 5.54 Å². The molecule has 1 aliphatic heterocycles. The maximum absolute atomic E-state index is 5.42. The van der Waals surface area contributed by atoms with Crippen molar-refractivity contribution in [3.05, 3.63) is 23.3 Å². The Balaban J connectivity index is 2.47. The van der Waals surface area contributed by atoms with Crippen molar-refractivity contribution >= 4 is 0 Å². The average Bonchev–Trinajstić information content (AvgIpc) is 2.77. The third kappa shape index (κ3) is 2.12. The van der Waals surface area contributed by atoms with Crippen molar-refractivity contribution in [2.75, 3.05) is 20.8 Å². The zero-order chi connectivity index (χ0) is 12.5. The molecule has 1 fully saturated rings. The van der Waals surface area contributed by atoms with E-state index in [4.69, 9.17) is 9.47 Å². The Kier molecular flexibility index (Phi) is 3.29. The first-order valence-electron chi connectivity index (χ1n) is 6.09. The highest BCUT2D eigenvalue weighted by Gasteiger charge is 2.31. The van der Waals surface area contributed by atoms with E-state index in [1.54, 1.807) is 14.2 Å². The van der Waals surface area contributed by atoms with Crippen LogP contribution in [0.3, 0.4) is 0 Å². The van der Waals surface area contributed by atoms with Gasteiger partial charge in [-0.15, -0.1) is 0 Å². The summed E-state index contributed by atoms with van der Waals surface area (Å²) >= 11 is 0. The maximum atomic E-state index is 5.42. The Labute approximate surface area is 103 Å². The molecule has 1 N–H and O–H groups in total. The average molecular weight is 235 g/mol. The molecule has 17 heavy (non-hydrogen) atoms. The zero-order valence-corrected chi connectivity index (χ0v) is 11.1. The summed E-state index contributed by atoms with van der Waals surface area (Å²) in [6.45, 7) is 5.34. The molecule has 0 spiro atoms. The van der Waals surface area contributed by atoms with Crippen LogP contribution >= 0.6 is 0 Å². The summed E-state index contributed by atoms with van der Waals surface area (Å²) in [7, 11) is 3.41. The summed E-state index contributed by atoms with van der Waals surface area (Å²) in [5.74, 6) is 1.79. The molecule has 0 amide bonds. The van der Waals surface area contributed by atoms with Gasteiger partial charge in [-0.25, -0.2) is 0 Å². The van der Waals surface area contributed by atoms with Crippen LogP contribution in [0.1, 0.15) is 30.9 Å². The van der Waals surface area contributed by atoms with Gasteiger partial charge in [-0.3, -0.25) is 0 Å². The molecule has 0 aliphatic carbocycles. The second-order valence-corrected chi connectivity index (χ2v) is 4.87. The summed E-state index contributed by atoms with van der Waals surface area (Å²) in [5, 5.41) is 3.56. The Hall–Kier alpha value is -1.22. The normalized spacial score (nSPS) is 23.8. The Morgan fingerprint density at radius 3 is 2.18 bits per heavy atom. The first-order valence-corrected chi connectivity index (χ1v) is 6.09. The molecule has 1 heterocycles. The first-order chi connectivity index (χ1) is 8.10. The van der Waals surface area contributed by atoms with Gasteiger partial charge in [0, 0.05) is 11.1 Å². The molecule has 0 bridgehead atoms. The molecule has 1 aliphatic rings. The smallest absolute Gasteiger partial charge is 0.125 e. The van der Waals surface area contributed by atoms with Gasteiger partial charge in [0.2, 0.25) is 0 Å². The lowest BCUT2D eigenvalue weighted by Gasteiger charge is -2.26. The summed E-state index contributed by atoms with van der Waals surface area (Å²) < 4.78 is 10.8. The van der Waals surface area contributed by atoms with Gasteiger partial charge in [0.15, 0.2) is 0 Å². The van der Waals surface area contributed by atoms with Crippen LogP contribution in [0.4, 0.5) is 0 Å². The van der Waals surface area contributed by atoms with Gasteiger partial charge >= 0.3 is 0 Å². The lowest BCUT2D eigenvalue weighted by molar-refractivity contribution is 0.378. The number of ether oxygens (including phenoxy) is 2. The predicted molar refractivity (Wildman–Crippen MR) is 68.9 cm³/mol. The Bertz CT molecular complexity index is 384. The van der Waals surface area contributed by atoms with E-state index in [0.717, 1.165) is 30.0 Å². The van der Waals surface area contributed by atoms with Crippen LogP contribution in [0.25, 0.3) is 0 Å². The molecule has 1 aromatic rings. The predicted octanol–water partition coefficient (Wildman–Crippen LogP) is 2.61. The minimum atomic E-state index is 0.0499. The highest BCUT2D eigenvalue weighted by atomic mass is 16.5. The minimum Gasteiger partial charge on any atom is -0.496 e. The van der Waals surface area contributed by atoms with E-state index in [-0.39, 0.29) is 5.54 Å². The SMILES string of the molecule is COc1cc(C2(C)CCCN2)cc(OC)c1C. The van der Waals surface area contributed by atoms with Crippen molar-refractivity contribution < 1.29 is 9.47 Å². The number of hydrogen-bond acceptors (Lipinski definition) is 3. The number of methoxy groups -OCH3 is 2. The number of rotatable bonds is 3. The molecule has 0 saturated carbocycles. The number of hydrogen-bond donors (Lipinski definition) is 1. The van der Waals surface area contributed by atoms with Crippen molar-refractivity contribution in [1.82, 2.24) is 5.32 Å². The van der Waals surface area contributed by atoms with Crippen LogP contribution in [0, 0.1) is 6.92 Å². The standard InChI is InChI=1S/C14H21NO2/c1-10-12(16-3)8-11(9-13(10)17-4)14(2)6-5-7-15-14/h8-9,15H,5-7H2,1-4H3. The highest BCUT2D eigenvalue weighted by Crippen LogP contribution is 2.37. The maximum Gasteiger partial charge on any atom is 0.125 e. The molecular formula is C14H21NO2. The number of nitrogens with one attached hydrogen (secondary N) is 1. The third-order valence-electron chi connectivity index (χ3n) is 3.76. The summed E-state index contributed by atoms with van der Waals surface area (Å²) in [4.78, 5) is 0. The van der Waals surface area contributed by atoms with Crippen molar-refractivity contribution in [1.29, 1.82) is 0 Å². The van der Waals surface area contributed by atoms with Crippen molar-refractivity contribution in [2.45, 2.75) is 32.2 Å². The van der Waals surface area contributed by atoms with E-state index in [9.17, 15) is 0 Å². The molecule has 1 aromatic carbocycles. The van der Waals surface area contributed by atoms with E-state index in [1.807, 2.05) is 6.92 Å². The monoisotopic (exact) mass is 235 g/mol. The quantitative estimate of drug-likeness (QED) is 0.873. The van der Waals surface area contributed by atoms with E-state index in [2.05, 4.69) is 24.4 Å². The summed E-state index contributed by atoms with van der Waals surface area (Å²) in [6.07, 6.45) is 2.37. The van der Waals surface area contributed by atoms with E-state index in [0.29, 0.717) is 0 Å². The molecule has 1 atom stereocenters. The van der Waals surface area contributed by atoms with Crippen molar-refractivity contribution in [3.63, 3.8) is 0 Å². The van der Waals surface area contributed by atoms with Crippen LogP contribution in [0.5, 0.6) is 11.5 Å². The van der Waals surface area contributed by atoms with Gasteiger partial charge in [0.25, 0.3) is 0 Å². The topological polar surface area (TPSA) is 30.5 Å². The first kappa shape index (κ1) is 12.2. The van der Waals surface area contributed by atoms with Gasteiger partial charge in [-0.2, -0.15) is 0 Å². The molecule has 0 radical (unpaired) electrons.